The Morgan fingerprint density at radius 3 is 2.45 bits per heavy atom. The number of methoxy groups -OCH3 is 1. The quantitative estimate of drug-likeness (QED) is 0.443. The molecule has 0 saturated carbocycles. The van der Waals surface area contributed by atoms with Gasteiger partial charge in [-0.25, -0.2) is 8.42 Å². The van der Waals surface area contributed by atoms with Crippen molar-refractivity contribution in [3.8, 4) is 5.75 Å². The number of nitrogens with one attached hydrogen (secondary N) is 1. The van der Waals surface area contributed by atoms with E-state index in [1.165, 1.54) is 26.7 Å². The highest BCUT2D eigenvalue weighted by Gasteiger charge is 2.30. The molecule has 2 aliphatic heterocycles. The number of sulfonamides is 1. The molecule has 11 heteroatoms. The average Bonchev–Trinajstić information content (AvgIpc) is 3.32. The van der Waals surface area contributed by atoms with E-state index in [2.05, 4.69) is 28.7 Å². The van der Waals surface area contributed by atoms with Gasteiger partial charge in [-0.1, -0.05) is 12.7 Å². The molecular formula is C27H43N5O5S. The number of rotatable bonds is 11. The molecule has 0 spiro atoms. The predicted octanol–water partition coefficient (Wildman–Crippen LogP) is 1.26. The summed E-state index contributed by atoms with van der Waals surface area (Å²) in [5.41, 5.74) is 0.886. The zero-order valence-electron chi connectivity index (χ0n) is 23.4. The highest BCUT2D eigenvalue weighted by molar-refractivity contribution is 7.89. The molecule has 1 aromatic rings. The molecule has 2 saturated heterocycles. The lowest BCUT2D eigenvalue weighted by atomic mass is 9.95. The molecule has 2 heterocycles. The van der Waals surface area contributed by atoms with E-state index >= 15 is 0 Å². The van der Waals surface area contributed by atoms with Gasteiger partial charge < -0.3 is 19.9 Å². The number of hydrogen-bond acceptors (Lipinski definition) is 7. The van der Waals surface area contributed by atoms with Gasteiger partial charge in [-0.2, -0.15) is 4.31 Å². The summed E-state index contributed by atoms with van der Waals surface area (Å²) in [5.74, 6) is 0.229. The second kappa shape index (κ2) is 13.1. The van der Waals surface area contributed by atoms with Crippen LogP contribution in [0.25, 0.3) is 6.08 Å². The Kier molecular flexibility index (Phi) is 10.3. The van der Waals surface area contributed by atoms with E-state index in [0.29, 0.717) is 35.4 Å². The lowest BCUT2D eigenvalue weighted by Crippen LogP contribution is -2.46. The third kappa shape index (κ3) is 7.34. The smallest absolute Gasteiger partial charge is 0.244 e. The number of aryl methyl sites for hydroxylation is 1. The number of hydrogen-bond donors (Lipinski definition) is 1. The first-order chi connectivity index (χ1) is 18.0. The summed E-state index contributed by atoms with van der Waals surface area (Å²) in [4.78, 5) is 31.9. The van der Waals surface area contributed by atoms with Crippen LogP contribution < -0.4 is 10.1 Å². The Labute approximate surface area is 227 Å². The molecule has 1 aromatic carbocycles. The van der Waals surface area contributed by atoms with E-state index in [0.717, 1.165) is 43.3 Å². The fraction of sp³-hybridized carbons (Fsp3) is 0.630. The first-order valence-corrected chi connectivity index (χ1v) is 14.6. The van der Waals surface area contributed by atoms with Crippen molar-refractivity contribution in [2.75, 3.05) is 74.1 Å². The minimum Gasteiger partial charge on any atom is -0.497 e. The predicted molar refractivity (Wildman–Crippen MR) is 148 cm³/mol. The van der Waals surface area contributed by atoms with Gasteiger partial charge in [-0.15, -0.1) is 0 Å². The van der Waals surface area contributed by atoms with Crippen LogP contribution in [0.15, 0.2) is 23.6 Å². The average molecular weight is 550 g/mol. The van der Waals surface area contributed by atoms with Crippen LogP contribution in [-0.4, -0.2) is 119 Å². The molecule has 0 radical (unpaired) electrons. The number of likely N-dealkylation sites (tertiary alicyclic amines) is 2. The Balaban J connectivity index is 1.46. The fourth-order valence-electron chi connectivity index (χ4n) is 5.40. The monoisotopic (exact) mass is 549 g/mol. The Morgan fingerprint density at radius 2 is 1.87 bits per heavy atom. The van der Waals surface area contributed by atoms with Crippen LogP contribution in [0, 0.1) is 12.8 Å². The van der Waals surface area contributed by atoms with Crippen molar-refractivity contribution in [1.82, 2.24) is 24.3 Å². The largest absolute Gasteiger partial charge is 0.497 e. The van der Waals surface area contributed by atoms with Crippen LogP contribution in [0.3, 0.4) is 0 Å². The van der Waals surface area contributed by atoms with E-state index in [4.69, 9.17) is 4.74 Å². The van der Waals surface area contributed by atoms with E-state index in [1.807, 2.05) is 0 Å². The molecule has 10 nitrogen and oxygen atoms in total. The third-order valence-electron chi connectivity index (χ3n) is 7.69. The number of likely N-dealkylation sites (N-methyl/N-ethyl adjacent to an activating group) is 3. The van der Waals surface area contributed by atoms with Gasteiger partial charge in [0.05, 0.1) is 25.1 Å². The van der Waals surface area contributed by atoms with Crippen LogP contribution >= 0.6 is 0 Å². The van der Waals surface area contributed by atoms with E-state index in [9.17, 15) is 18.0 Å². The maximum atomic E-state index is 13.2. The van der Waals surface area contributed by atoms with Crippen LogP contribution in [0.2, 0.25) is 0 Å². The number of nitrogens with zero attached hydrogens (tertiary/aromatic N) is 4. The molecule has 2 aliphatic rings. The molecular weight excluding hydrogens is 506 g/mol. The van der Waals surface area contributed by atoms with Crippen molar-refractivity contribution in [1.29, 1.82) is 0 Å². The number of benzene rings is 1. The number of amides is 2. The lowest BCUT2D eigenvalue weighted by Gasteiger charge is -2.37. The second-order valence-corrected chi connectivity index (χ2v) is 12.5. The van der Waals surface area contributed by atoms with Crippen molar-refractivity contribution in [3.05, 3.63) is 29.8 Å². The molecule has 212 valence electrons. The van der Waals surface area contributed by atoms with E-state index < -0.39 is 22.5 Å². The topological polar surface area (TPSA) is 102 Å². The molecule has 1 N–H and O–H groups in total. The van der Waals surface area contributed by atoms with Gasteiger partial charge in [-0.05, 0) is 82.0 Å². The first-order valence-electron chi connectivity index (χ1n) is 13.2. The summed E-state index contributed by atoms with van der Waals surface area (Å²) >= 11 is 0. The number of carbonyl (C=O) groups excluding carboxylic acids is 2. The summed E-state index contributed by atoms with van der Waals surface area (Å²) in [6, 6.07) is 3.86. The summed E-state index contributed by atoms with van der Waals surface area (Å²) in [5, 5.41) is 2.58. The fourth-order valence-corrected chi connectivity index (χ4v) is 6.90. The number of piperidine rings is 1. The molecule has 0 aliphatic carbocycles. The second-order valence-electron chi connectivity index (χ2n) is 10.6. The Morgan fingerprint density at radius 1 is 1.18 bits per heavy atom. The summed E-state index contributed by atoms with van der Waals surface area (Å²) in [7, 11) is 2.80. The molecule has 1 unspecified atom stereocenters. The molecule has 38 heavy (non-hydrogen) atoms. The van der Waals surface area contributed by atoms with Gasteiger partial charge in [0.15, 0.2) is 0 Å². The van der Waals surface area contributed by atoms with Crippen molar-refractivity contribution < 1.29 is 22.7 Å². The normalized spacial score (nSPS) is 19.5. The SMILES string of the molecule is C=Cc1cc(OC)cc(C)c1S(=O)(=O)N(C)CC(=O)NCC(=O)N(C)CC1CCN(C2CCN(C)C2)CC1. The van der Waals surface area contributed by atoms with Crippen LogP contribution in [0.1, 0.15) is 30.4 Å². The molecule has 2 fully saturated rings. The molecule has 2 amide bonds. The summed E-state index contributed by atoms with van der Waals surface area (Å²) in [6.07, 6.45) is 4.79. The summed E-state index contributed by atoms with van der Waals surface area (Å²) in [6.45, 7) is 9.87. The zero-order chi connectivity index (χ0) is 28.0. The highest BCUT2D eigenvalue weighted by Crippen LogP contribution is 2.29. The highest BCUT2D eigenvalue weighted by atomic mass is 32.2. The summed E-state index contributed by atoms with van der Waals surface area (Å²) < 4.78 is 32.7. The molecule has 0 bridgehead atoms. The van der Waals surface area contributed by atoms with Crippen LogP contribution in [-0.2, 0) is 19.6 Å². The van der Waals surface area contributed by atoms with Gasteiger partial charge in [0.2, 0.25) is 21.8 Å². The van der Waals surface area contributed by atoms with Crippen molar-refractivity contribution in [2.45, 2.75) is 37.1 Å². The Bertz CT molecular complexity index is 1120. The maximum Gasteiger partial charge on any atom is 0.244 e. The minimum absolute atomic E-state index is 0.0745. The number of ether oxygens (including phenoxy) is 1. The van der Waals surface area contributed by atoms with E-state index in [1.54, 1.807) is 31.0 Å². The van der Waals surface area contributed by atoms with Gasteiger partial charge in [-0.3, -0.25) is 14.5 Å². The van der Waals surface area contributed by atoms with Gasteiger partial charge >= 0.3 is 0 Å². The standard InChI is InChI=1S/C27H43N5O5S/c1-7-22-15-24(37-6)14-20(2)27(22)38(35,36)31(5)19-25(33)28-16-26(34)30(4)17-21-8-12-32(13-9-21)23-10-11-29(3)18-23/h7,14-15,21,23H,1,8-13,16-19H2,2-6H3,(H,28,33). The molecule has 1 atom stereocenters. The number of carbonyl (C=O) groups is 2. The minimum atomic E-state index is -3.98. The lowest BCUT2D eigenvalue weighted by molar-refractivity contribution is -0.132. The van der Waals surface area contributed by atoms with Crippen molar-refractivity contribution in [2.24, 2.45) is 5.92 Å². The van der Waals surface area contributed by atoms with Crippen LogP contribution in [0.5, 0.6) is 5.75 Å². The zero-order valence-corrected chi connectivity index (χ0v) is 24.2. The van der Waals surface area contributed by atoms with E-state index in [-0.39, 0.29) is 17.3 Å². The maximum absolute atomic E-state index is 13.2. The van der Waals surface area contributed by atoms with Gasteiger partial charge in [0.25, 0.3) is 0 Å². The first kappa shape index (κ1) is 30.1. The molecule has 3 rings (SSSR count). The third-order valence-corrected chi connectivity index (χ3v) is 9.72. The molecule has 0 aromatic heterocycles. The van der Waals surface area contributed by atoms with Gasteiger partial charge in [0.1, 0.15) is 5.75 Å². The van der Waals surface area contributed by atoms with Crippen LogP contribution in [0.4, 0.5) is 0 Å². The van der Waals surface area contributed by atoms with Crippen molar-refractivity contribution >= 4 is 27.9 Å². The van der Waals surface area contributed by atoms with Gasteiger partial charge in [0, 0.05) is 33.2 Å². The Hall–Kier alpha value is -2.47. The van der Waals surface area contributed by atoms with Crippen molar-refractivity contribution in [3.63, 3.8) is 0 Å².